The SMILES string of the molecule is NC(=S)Cc1ccc(NS(=O)(=O)NC2CC2)cc1. The molecule has 4 N–H and O–H groups in total. The zero-order valence-electron chi connectivity index (χ0n) is 9.72. The molecule has 2 rings (SSSR count). The summed E-state index contributed by atoms with van der Waals surface area (Å²) in [6.07, 6.45) is 2.34. The summed E-state index contributed by atoms with van der Waals surface area (Å²) < 4.78 is 28.3. The van der Waals surface area contributed by atoms with Gasteiger partial charge in [0.15, 0.2) is 0 Å². The molecule has 98 valence electrons. The van der Waals surface area contributed by atoms with E-state index in [9.17, 15) is 8.42 Å². The second-order valence-corrected chi connectivity index (χ2v) is 6.31. The number of benzene rings is 1. The van der Waals surface area contributed by atoms with Crippen LogP contribution in [0.15, 0.2) is 24.3 Å². The highest BCUT2D eigenvalue weighted by atomic mass is 32.2. The molecule has 1 aromatic carbocycles. The predicted octanol–water partition coefficient (Wildman–Crippen LogP) is 0.924. The van der Waals surface area contributed by atoms with Crippen LogP contribution in [-0.2, 0) is 16.6 Å². The van der Waals surface area contributed by atoms with Gasteiger partial charge in [0.05, 0.1) is 4.99 Å². The van der Waals surface area contributed by atoms with Crippen LogP contribution in [0.2, 0.25) is 0 Å². The number of rotatable bonds is 6. The highest BCUT2D eigenvalue weighted by Gasteiger charge is 2.26. The summed E-state index contributed by atoms with van der Waals surface area (Å²) in [5.41, 5.74) is 6.92. The van der Waals surface area contributed by atoms with E-state index in [1.807, 2.05) is 0 Å². The van der Waals surface area contributed by atoms with Crippen molar-refractivity contribution >= 4 is 33.1 Å². The van der Waals surface area contributed by atoms with Gasteiger partial charge in [-0.05, 0) is 30.5 Å². The van der Waals surface area contributed by atoms with E-state index in [1.165, 1.54) is 0 Å². The van der Waals surface area contributed by atoms with Gasteiger partial charge in [-0.1, -0.05) is 24.4 Å². The van der Waals surface area contributed by atoms with Gasteiger partial charge in [0.25, 0.3) is 10.2 Å². The second kappa shape index (κ2) is 5.21. The first-order valence-electron chi connectivity index (χ1n) is 5.62. The van der Waals surface area contributed by atoms with Gasteiger partial charge in [-0.15, -0.1) is 0 Å². The van der Waals surface area contributed by atoms with Gasteiger partial charge in [-0.25, -0.2) is 0 Å². The van der Waals surface area contributed by atoms with E-state index in [2.05, 4.69) is 9.44 Å². The summed E-state index contributed by atoms with van der Waals surface area (Å²) in [6, 6.07) is 7.08. The Morgan fingerprint density at radius 1 is 1.33 bits per heavy atom. The molecule has 0 amide bonds. The molecule has 0 radical (unpaired) electrons. The molecule has 1 aromatic rings. The molecule has 0 aliphatic heterocycles. The molecule has 5 nitrogen and oxygen atoms in total. The standard InChI is InChI=1S/C11H15N3O2S2/c12-11(17)7-8-1-3-9(4-2-8)13-18(15,16)14-10-5-6-10/h1-4,10,13-14H,5-7H2,(H2,12,17). The fourth-order valence-electron chi connectivity index (χ4n) is 1.50. The van der Waals surface area contributed by atoms with Crippen molar-refractivity contribution in [3.8, 4) is 0 Å². The van der Waals surface area contributed by atoms with Crippen molar-refractivity contribution in [2.45, 2.75) is 25.3 Å². The Bertz CT molecular complexity index is 536. The smallest absolute Gasteiger partial charge is 0.299 e. The molecule has 0 atom stereocenters. The molecule has 0 unspecified atom stereocenters. The monoisotopic (exact) mass is 285 g/mol. The average Bonchev–Trinajstić information content (AvgIpc) is 3.03. The van der Waals surface area contributed by atoms with Gasteiger partial charge in [0.2, 0.25) is 0 Å². The Kier molecular flexibility index (Phi) is 3.84. The van der Waals surface area contributed by atoms with Gasteiger partial charge >= 0.3 is 0 Å². The van der Waals surface area contributed by atoms with E-state index in [0.29, 0.717) is 17.1 Å². The van der Waals surface area contributed by atoms with Crippen molar-refractivity contribution in [3.63, 3.8) is 0 Å². The van der Waals surface area contributed by atoms with E-state index in [1.54, 1.807) is 24.3 Å². The van der Waals surface area contributed by atoms with Crippen LogP contribution in [0, 0.1) is 0 Å². The lowest BCUT2D eigenvalue weighted by Crippen LogP contribution is -2.31. The molecule has 0 saturated heterocycles. The third-order valence-electron chi connectivity index (χ3n) is 2.48. The predicted molar refractivity (Wildman–Crippen MR) is 75.6 cm³/mol. The number of anilines is 1. The first-order chi connectivity index (χ1) is 8.44. The molecule has 0 bridgehead atoms. The van der Waals surface area contributed by atoms with Crippen LogP contribution in [0.4, 0.5) is 5.69 Å². The van der Waals surface area contributed by atoms with Crippen LogP contribution in [-0.4, -0.2) is 19.4 Å². The van der Waals surface area contributed by atoms with Crippen molar-refractivity contribution in [2.24, 2.45) is 5.73 Å². The zero-order valence-corrected chi connectivity index (χ0v) is 11.4. The molecule has 0 heterocycles. The fourth-order valence-corrected chi connectivity index (χ4v) is 2.84. The topological polar surface area (TPSA) is 84.2 Å². The lowest BCUT2D eigenvalue weighted by Gasteiger charge is -2.09. The van der Waals surface area contributed by atoms with Crippen LogP contribution < -0.4 is 15.2 Å². The fraction of sp³-hybridized carbons (Fsp3) is 0.364. The molecule has 1 fully saturated rings. The minimum absolute atomic E-state index is 0.0939. The maximum absolute atomic E-state index is 11.7. The molecule has 1 saturated carbocycles. The molecular weight excluding hydrogens is 270 g/mol. The summed E-state index contributed by atoms with van der Waals surface area (Å²) in [7, 11) is -3.46. The average molecular weight is 285 g/mol. The minimum Gasteiger partial charge on any atom is -0.393 e. The van der Waals surface area contributed by atoms with Gasteiger partial charge in [0.1, 0.15) is 0 Å². The summed E-state index contributed by atoms with van der Waals surface area (Å²) in [4.78, 5) is 0.415. The molecule has 0 aromatic heterocycles. The minimum atomic E-state index is -3.46. The number of nitrogens with two attached hydrogens (primary N) is 1. The lowest BCUT2D eigenvalue weighted by molar-refractivity contribution is 0.586. The van der Waals surface area contributed by atoms with Crippen molar-refractivity contribution in [3.05, 3.63) is 29.8 Å². The van der Waals surface area contributed by atoms with Crippen LogP contribution in [0.25, 0.3) is 0 Å². The third kappa shape index (κ3) is 4.25. The zero-order chi connectivity index (χ0) is 13.2. The lowest BCUT2D eigenvalue weighted by atomic mass is 10.1. The quantitative estimate of drug-likeness (QED) is 0.679. The number of hydrogen-bond donors (Lipinski definition) is 3. The maximum atomic E-state index is 11.7. The van der Waals surface area contributed by atoms with E-state index >= 15 is 0 Å². The summed E-state index contributed by atoms with van der Waals surface area (Å²) in [6.45, 7) is 0. The normalized spacial score (nSPS) is 15.3. The highest BCUT2D eigenvalue weighted by Crippen LogP contribution is 2.20. The Morgan fingerprint density at radius 3 is 2.44 bits per heavy atom. The van der Waals surface area contributed by atoms with Crippen molar-refractivity contribution < 1.29 is 8.42 Å². The van der Waals surface area contributed by atoms with E-state index < -0.39 is 10.2 Å². The van der Waals surface area contributed by atoms with Crippen LogP contribution in [0.1, 0.15) is 18.4 Å². The van der Waals surface area contributed by atoms with E-state index in [4.69, 9.17) is 18.0 Å². The van der Waals surface area contributed by atoms with Crippen LogP contribution in [0.5, 0.6) is 0 Å². The summed E-state index contributed by atoms with van der Waals surface area (Å²) in [5, 5.41) is 0. The molecule has 1 aliphatic carbocycles. The van der Waals surface area contributed by atoms with Gasteiger partial charge in [-0.3, -0.25) is 4.72 Å². The number of thiocarbonyl (C=S) groups is 1. The van der Waals surface area contributed by atoms with Gasteiger partial charge < -0.3 is 5.73 Å². The summed E-state index contributed by atoms with van der Waals surface area (Å²) in [5.74, 6) is 0. The highest BCUT2D eigenvalue weighted by molar-refractivity contribution is 7.90. The molecule has 18 heavy (non-hydrogen) atoms. The van der Waals surface area contributed by atoms with Crippen LogP contribution in [0.3, 0.4) is 0 Å². The molecule has 7 heteroatoms. The Balaban J connectivity index is 1.98. The Labute approximate surface area is 112 Å². The van der Waals surface area contributed by atoms with Crippen molar-refractivity contribution in [1.29, 1.82) is 0 Å². The van der Waals surface area contributed by atoms with Crippen LogP contribution >= 0.6 is 12.2 Å². The largest absolute Gasteiger partial charge is 0.393 e. The van der Waals surface area contributed by atoms with Gasteiger partial charge in [-0.2, -0.15) is 13.1 Å². The maximum Gasteiger partial charge on any atom is 0.299 e. The molecule has 1 aliphatic rings. The molecular formula is C11H15N3O2S2. The van der Waals surface area contributed by atoms with Crippen molar-refractivity contribution in [1.82, 2.24) is 4.72 Å². The second-order valence-electron chi connectivity index (χ2n) is 4.34. The first kappa shape index (κ1) is 13.3. The van der Waals surface area contributed by atoms with E-state index in [0.717, 1.165) is 18.4 Å². The van der Waals surface area contributed by atoms with Gasteiger partial charge in [0, 0.05) is 18.2 Å². The Morgan fingerprint density at radius 2 is 1.94 bits per heavy atom. The van der Waals surface area contributed by atoms with Crippen molar-refractivity contribution in [2.75, 3.05) is 4.72 Å². The first-order valence-corrected chi connectivity index (χ1v) is 7.51. The van der Waals surface area contributed by atoms with E-state index in [-0.39, 0.29) is 6.04 Å². The number of hydrogen-bond acceptors (Lipinski definition) is 3. The summed E-state index contributed by atoms with van der Waals surface area (Å²) >= 11 is 4.81. The molecule has 0 spiro atoms. The number of nitrogens with one attached hydrogen (secondary N) is 2. The Hall–Kier alpha value is -1.18. The third-order valence-corrected chi connectivity index (χ3v) is 3.78.